The topological polar surface area (TPSA) is 75.4 Å². The quantitative estimate of drug-likeness (QED) is 0.708. The molecule has 2 aromatic carbocycles. The first-order valence-electron chi connectivity index (χ1n) is 6.75. The zero-order chi connectivity index (χ0) is 15.4. The number of nitrogens with one attached hydrogen (secondary N) is 2. The van der Waals surface area contributed by atoms with Gasteiger partial charge in [0.2, 0.25) is 0 Å². The van der Waals surface area contributed by atoms with Gasteiger partial charge in [0.25, 0.3) is 0 Å². The molecule has 0 radical (unpaired) electrons. The van der Waals surface area contributed by atoms with Gasteiger partial charge in [0.05, 0.1) is 0 Å². The molecule has 4 nitrogen and oxygen atoms in total. The van der Waals surface area contributed by atoms with Crippen LogP contribution in [0.3, 0.4) is 0 Å². The summed E-state index contributed by atoms with van der Waals surface area (Å²) in [5, 5.41) is 21.5. The largest absolute Gasteiger partial charge is 0.360 e. The van der Waals surface area contributed by atoms with Crippen LogP contribution < -0.4 is 5.32 Å². The first-order chi connectivity index (χ1) is 10.8. The molecule has 1 aromatic heterocycles. The van der Waals surface area contributed by atoms with E-state index in [-0.39, 0.29) is 5.57 Å². The summed E-state index contributed by atoms with van der Waals surface area (Å²) in [5.41, 5.74) is 4.10. The first kappa shape index (κ1) is 13.5. The van der Waals surface area contributed by atoms with Gasteiger partial charge < -0.3 is 10.3 Å². The van der Waals surface area contributed by atoms with Crippen molar-refractivity contribution < 1.29 is 0 Å². The van der Waals surface area contributed by atoms with Crippen LogP contribution in [0.1, 0.15) is 0 Å². The van der Waals surface area contributed by atoms with Crippen LogP contribution in [-0.2, 0) is 0 Å². The van der Waals surface area contributed by atoms with E-state index in [0.29, 0.717) is 0 Å². The lowest BCUT2D eigenvalue weighted by Crippen LogP contribution is -1.89. The molecule has 104 valence electrons. The summed E-state index contributed by atoms with van der Waals surface area (Å²) in [4.78, 5) is 3.38. The summed E-state index contributed by atoms with van der Waals surface area (Å²) in [5.74, 6) is 0. The molecule has 1 heterocycles. The maximum absolute atomic E-state index is 8.68. The third-order valence-corrected chi connectivity index (χ3v) is 3.35. The zero-order valence-corrected chi connectivity index (χ0v) is 11.7. The lowest BCUT2D eigenvalue weighted by atomic mass is 10.1. The normalized spacial score (nSPS) is 9.73. The molecule has 0 aliphatic rings. The predicted octanol–water partition coefficient (Wildman–Crippen LogP) is 4.18. The molecule has 0 bridgehead atoms. The lowest BCUT2D eigenvalue weighted by molar-refractivity contribution is 1.43. The number of para-hydroxylation sites is 1. The molecule has 0 unspecified atom stereocenters. The van der Waals surface area contributed by atoms with Crippen molar-refractivity contribution in [1.82, 2.24) is 4.98 Å². The minimum atomic E-state index is 0.0414. The van der Waals surface area contributed by atoms with Crippen molar-refractivity contribution in [3.63, 3.8) is 0 Å². The molecule has 3 aromatic rings. The highest BCUT2D eigenvalue weighted by Crippen LogP contribution is 2.25. The van der Waals surface area contributed by atoms with Gasteiger partial charge >= 0.3 is 0 Å². The second kappa shape index (κ2) is 5.87. The first-order valence-corrected chi connectivity index (χ1v) is 6.75. The summed E-state index contributed by atoms with van der Waals surface area (Å²) in [6.07, 6.45) is 1.40. The van der Waals surface area contributed by atoms with Crippen molar-refractivity contribution in [1.29, 1.82) is 10.5 Å². The van der Waals surface area contributed by atoms with Crippen LogP contribution in [0, 0.1) is 22.7 Å². The number of fused-ring (bicyclic) bond motifs is 1. The van der Waals surface area contributed by atoms with Crippen molar-refractivity contribution in [3.8, 4) is 23.4 Å². The van der Waals surface area contributed by atoms with Crippen LogP contribution in [0.5, 0.6) is 0 Å². The van der Waals surface area contributed by atoms with Gasteiger partial charge in [-0.1, -0.05) is 30.3 Å². The molecule has 22 heavy (non-hydrogen) atoms. The SMILES string of the molecule is N#CC(C#N)=CNc1ccc(-c2cc3ccccc3[nH]2)cc1. The van der Waals surface area contributed by atoms with Crippen molar-refractivity contribution in [2.24, 2.45) is 0 Å². The Morgan fingerprint density at radius 1 is 1.00 bits per heavy atom. The average Bonchev–Trinajstić information content (AvgIpc) is 3.00. The van der Waals surface area contributed by atoms with E-state index >= 15 is 0 Å². The van der Waals surface area contributed by atoms with Gasteiger partial charge in [-0.25, -0.2) is 0 Å². The number of hydrogen-bond acceptors (Lipinski definition) is 3. The molecule has 0 amide bonds. The minimum absolute atomic E-state index is 0.0414. The predicted molar refractivity (Wildman–Crippen MR) is 86.7 cm³/mol. The Morgan fingerprint density at radius 2 is 1.73 bits per heavy atom. The third kappa shape index (κ3) is 2.67. The summed E-state index contributed by atoms with van der Waals surface area (Å²) >= 11 is 0. The maximum Gasteiger partial charge on any atom is 0.145 e. The van der Waals surface area contributed by atoms with E-state index in [1.807, 2.05) is 42.5 Å². The number of aromatic nitrogens is 1. The smallest absolute Gasteiger partial charge is 0.145 e. The Balaban J connectivity index is 1.84. The molecule has 0 aliphatic heterocycles. The van der Waals surface area contributed by atoms with Crippen LogP contribution in [0.2, 0.25) is 0 Å². The van der Waals surface area contributed by atoms with E-state index in [1.165, 1.54) is 11.6 Å². The Labute approximate surface area is 127 Å². The van der Waals surface area contributed by atoms with E-state index in [1.54, 1.807) is 12.1 Å². The van der Waals surface area contributed by atoms with Crippen LogP contribution in [0.4, 0.5) is 5.69 Å². The molecule has 0 aliphatic carbocycles. The van der Waals surface area contributed by atoms with E-state index < -0.39 is 0 Å². The Bertz CT molecular complexity index is 869. The molecule has 0 atom stereocenters. The maximum atomic E-state index is 8.68. The number of benzene rings is 2. The molecule has 2 N–H and O–H groups in total. The van der Waals surface area contributed by atoms with E-state index in [9.17, 15) is 0 Å². The molecule has 4 heteroatoms. The number of nitriles is 2. The number of H-pyrrole nitrogens is 1. The Hall–Kier alpha value is -3.50. The molecule has 0 spiro atoms. The highest BCUT2D eigenvalue weighted by molar-refractivity contribution is 5.85. The lowest BCUT2D eigenvalue weighted by Gasteiger charge is -2.02. The standard InChI is InChI=1S/C18H12N4/c19-10-13(11-20)12-21-16-7-5-14(6-8-16)18-9-15-3-1-2-4-17(15)22-18/h1-9,12,21-22H. The van der Waals surface area contributed by atoms with Crippen molar-refractivity contribution in [2.75, 3.05) is 5.32 Å². The molecular formula is C18H12N4. The van der Waals surface area contributed by atoms with Crippen LogP contribution in [0.25, 0.3) is 22.2 Å². The molecule has 0 saturated carbocycles. The van der Waals surface area contributed by atoms with E-state index in [2.05, 4.69) is 22.4 Å². The van der Waals surface area contributed by atoms with Gasteiger partial charge in [-0.2, -0.15) is 10.5 Å². The minimum Gasteiger partial charge on any atom is -0.360 e. The number of allylic oxidation sites excluding steroid dienone is 1. The van der Waals surface area contributed by atoms with Gasteiger partial charge in [0, 0.05) is 28.5 Å². The summed E-state index contributed by atoms with van der Waals surface area (Å²) in [6.45, 7) is 0. The van der Waals surface area contributed by atoms with Crippen molar-refractivity contribution in [3.05, 3.63) is 66.4 Å². The Morgan fingerprint density at radius 3 is 2.41 bits per heavy atom. The fourth-order valence-corrected chi connectivity index (χ4v) is 2.22. The van der Waals surface area contributed by atoms with E-state index in [4.69, 9.17) is 10.5 Å². The highest BCUT2D eigenvalue weighted by Gasteiger charge is 2.02. The van der Waals surface area contributed by atoms with Crippen molar-refractivity contribution >= 4 is 16.6 Å². The molecule has 0 saturated heterocycles. The van der Waals surface area contributed by atoms with Crippen molar-refractivity contribution in [2.45, 2.75) is 0 Å². The Kier molecular flexibility index (Phi) is 3.59. The molecule has 3 rings (SSSR count). The zero-order valence-electron chi connectivity index (χ0n) is 11.7. The van der Waals surface area contributed by atoms with Gasteiger partial charge in [0.15, 0.2) is 0 Å². The van der Waals surface area contributed by atoms with Crippen LogP contribution in [0.15, 0.2) is 66.4 Å². The van der Waals surface area contributed by atoms with Crippen LogP contribution >= 0.6 is 0 Å². The van der Waals surface area contributed by atoms with Gasteiger partial charge in [-0.15, -0.1) is 0 Å². The number of rotatable bonds is 3. The number of nitrogens with zero attached hydrogens (tertiary/aromatic N) is 2. The third-order valence-electron chi connectivity index (χ3n) is 3.35. The number of aromatic amines is 1. The van der Waals surface area contributed by atoms with Crippen LogP contribution in [-0.4, -0.2) is 4.98 Å². The second-order valence-electron chi connectivity index (χ2n) is 4.77. The number of anilines is 1. The summed E-state index contributed by atoms with van der Waals surface area (Å²) < 4.78 is 0. The monoisotopic (exact) mass is 284 g/mol. The van der Waals surface area contributed by atoms with E-state index in [0.717, 1.165) is 22.5 Å². The molecule has 0 fully saturated rings. The second-order valence-corrected chi connectivity index (χ2v) is 4.77. The van der Waals surface area contributed by atoms with Gasteiger partial charge in [0.1, 0.15) is 17.7 Å². The average molecular weight is 284 g/mol. The fraction of sp³-hybridized carbons (Fsp3) is 0. The number of hydrogen-bond donors (Lipinski definition) is 2. The van der Waals surface area contributed by atoms with Gasteiger partial charge in [-0.3, -0.25) is 0 Å². The fourth-order valence-electron chi connectivity index (χ4n) is 2.22. The van der Waals surface area contributed by atoms with Gasteiger partial charge in [-0.05, 0) is 29.8 Å². The summed E-state index contributed by atoms with van der Waals surface area (Å²) in [7, 11) is 0. The summed E-state index contributed by atoms with van der Waals surface area (Å²) in [6, 6.07) is 21.6. The molecular weight excluding hydrogens is 272 g/mol. The highest BCUT2D eigenvalue weighted by atomic mass is 14.8.